The van der Waals surface area contributed by atoms with E-state index in [1.165, 1.54) is 0 Å². The summed E-state index contributed by atoms with van der Waals surface area (Å²) in [4.78, 5) is 17.6. The van der Waals surface area contributed by atoms with Gasteiger partial charge in [-0.1, -0.05) is 6.92 Å². The molecular formula is C15H22N6. The van der Waals surface area contributed by atoms with Crippen molar-refractivity contribution in [3.05, 3.63) is 35.7 Å². The predicted molar refractivity (Wildman–Crippen MR) is 84.3 cm³/mol. The average molecular weight is 286 g/mol. The molecule has 0 aliphatic heterocycles. The molecule has 2 heterocycles. The highest BCUT2D eigenvalue weighted by molar-refractivity contribution is 5.47. The molecule has 21 heavy (non-hydrogen) atoms. The van der Waals surface area contributed by atoms with Gasteiger partial charge in [0.15, 0.2) is 0 Å². The summed E-state index contributed by atoms with van der Waals surface area (Å²) in [5, 5.41) is 6.52. The third-order valence-electron chi connectivity index (χ3n) is 2.89. The lowest BCUT2D eigenvalue weighted by Crippen LogP contribution is -2.09. The van der Waals surface area contributed by atoms with Crippen molar-refractivity contribution in [3.63, 3.8) is 0 Å². The van der Waals surface area contributed by atoms with E-state index in [1.54, 1.807) is 12.4 Å². The van der Waals surface area contributed by atoms with E-state index in [0.717, 1.165) is 48.2 Å². The highest BCUT2D eigenvalue weighted by Crippen LogP contribution is 2.13. The Balaban J connectivity index is 2.08. The molecule has 2 aromatic rings. The van der Waals surface area contributed by atoms with E-state index >= 15 is 0 Å². The van der Waals surface area contributed by atoms with Crippen molar-refractivity contribution in [1.29, 1.82) is 0 Å². The zero-order chi connectivity index (χ0) is 15.1. The number of nitrogens with zero attached hydrogens (tertiary/aromatic N) is 4. The van der Waals surface area contributed by atoms with Crippen LogP contribution in [0.3, 0.4) is 0 Å². The molecule has 0 saturated carbocycles. The summed E-state index contributed by atoms with van der Waals surface area (Å²) in [6.45, 7) is 7.54. The number of aromatic nitrogens is 4. The fraction of sp³-hybridized carbons (Fsp3) is 0.467. The van der Waals surface area contributed by atoms with Gasteiger partial charge in [0.2, 0.25) is 0 Å². The van der Waals surface area contributed by atoms with Crippen LogP contribution in [0.2, 0.25) is 0 Å². The smallest absolute Gasteiger partial charge is 0.133 e. The lowest BCUT2D eigenvalue weighted by molar-refractivity contribution is 0.832. The summed E-state index contributed by atoms with van der Waals surface area (Å²) in [7, 11) is 0. The number of rotatable bonds is 7. The highest BCUT2D eigenvalue weighted by atomic mass is 15.1. The quantitative estimate of drug-likeness (QED) is 0.814. The van der Waals surface area contributed by atoms with Crippen LogP contribution in [0.1, 0.15) is 37.5 Å². The van der Waals surface area contributed by atoms with Gasteiger partial charge in [-0.25, -0.2) is 9.97 Å². The summed E-state index contributed by atoms with van der Waals surface area (Å²) in [6.07, 6.45) is 5.45. The van der Waals surface area contributed by atoms with Crippen molar-refractivity contribution < 1.29 is 0 Å². The summed E-state index contributed by atoms with van der Waals surface area (Å²) in [6, 6.07) is 1.92. The number of hydrogen-bond donors (Lipinski definition) is 2. The molecule has 0 saturated heterocycles. The van der Waals surface area contributed by atoms with Crippen LogP contribution in [0, 0.1) is 6.92 Å². The molecule has 0 aromatic carbocycles. The van der Waals surface area contributed by atoms with E-state index in [1.807, 2.05) is 13.0 Å². The van der Waals surface area contributed by atoms with Crippen LogP contribution < -0.4 is 10.6 Å². The van der Waals surface area contributed by atoms with Crippen molar-refractivity contribution >= 4 is 11.6 Å². The molecular weight excluding hydrogens is 264 g/mol. The van der Waals surface area contributed by atoms with Crippen LogP contribution in [-0.4, -0.2) is 26.5 Å². The fourth-order valence-electron chi connectivity index (χ4n) is 1.89. The second-order valence-electron chi connectivity index (χ2n) is 4.84. The second-order valence-corrected chi connectivity index (χ2v) is 4.84. The van der Waals surface area contributed by atoms with Gasteiger partial charge in [0.1, 0.15) is 17.5 Å². The van der Waals surface area contributed by atoms with Gasteiger partial charge in [-0.2, -0.15) is 0 Å². The second kappa shape index (κ2) is 7.52. The molecule has 2 rings (SSSR count). The highest BCUT2D eigenvalue weighted by Gasteiger charge is 2.04. The number of hydrogen-bond acceptors (Lipinski definition) is 6. The van der Waals surface area contributed by atoms with E-state index < -0.39 is 0 Å². The van der Waals surface area contributed by atoms with Crippen molar-refractivity contribution in [2.75, 3.05) is 17.2 Å². The van der Waals surface area contributed by atoms with Gasteiger partial charge >= 0.3 is 0 Å². The Morgan fingerprint density at radius 2 is 1.76 bits per heavy atom. The minimum absolute atomic E-state index is 0.599. The van der Waals surface area contributed by atoms with Gasteiger partial charge in [-0.05, 0) is 20.3 Å². The zero-order valence-electron chi connectivity index (χ0n) is 12.8. The molecule has 0 radical (unpaired) electrons. The van der Waals surface area contributed by atoms with Crippen molar-refractivity contribution in [3.8, 4) is 0 Å². The van der Waals surface area contributed by atoms with Gasteiger partial charge < -0.3 is 10.6 Å². The number of anilines is 2. The molecule has 0 fully saturated rings. The predicted octanol–water partition coefficient (Wildman–Crippen LogP) is 2.57. The van der Waals surface area contributed by atoms with E-state index in [4.69, 9.17) is 0 Å². The van der Waals surface area contributed by atoms with Crippen molar-refractivity contribution in [2.24, 2.45) is 0 Å². The third kappa shape index (κ3) is 4.66. The Bertz CT molecular complexity index is 543. The van der Waals surface area contributed by atoms with Crippen LogP contribution >= 0.6 is 0 Å². The maximum absolute atomic E-state index is 4.53. The normalized spacial score (nSPS) is 10.4. The van der Waals surface area contributed by atoms with E-state index in [-0.39, 0.29) is 0 Å². The Morgan fingerprint density at radius 1 is 1.00 bits per heavy atom. The fourth-order valence-corrected chi connectivity index (χ4v) is 1.89. The lowest BCUT2D eigenvalue weighted by atomic mass is 10.3. The van der Waals surface area contributed by atoms with Crippen LogP contribution in [0.5, 0.6) is 0 Å². The summed E-state index contributed by atoms with van der Waals surface area (Å²) < 4.78 is 0. The SMILES string of the molecule is CCCc1nc(NCC)cc(NCc2cnc(C)cn2)n1. The van der Waals surface area contributed by atoms with Crippen LogP contribution in [-0.2, 0) is 13.0 Å². The summed E-state index contributed by atoms with van der Waals surface area (Å²) >= 11 is 0. The minimum Gasteiger partial charge on any atom is -0.370 e. The van der Waals surface area contributed by atoms with E-state index in [2.05, 4.69) is 44.4 Å². The monoisotopic (exact) mass is 286 g/mol. The topological polar surface area (TPSA) is 75.6 Å². The van der Waals surface area contributed by atoms with Crippen LogP contribution in [0.25, 0.3) is 0 Å². The van der Waals surface area contributed by atoms with E-state index in [0.29, 0.717) is 6.54 Å². The first-order chi connectivity index (χ1) is 10.2. The standard InChI is InChI=1S/C15H22N6/c1-4-6-13-20-14(16-5-2)7-15(21-13)19-10-12-9-17-11(3)8-18-12/h7-9H,4-6,10H2,1-3H3,(H2,16,19,20,21). The third-order valence-corrected chi connectivity index (χ3v) is 2.89. The number of aryl methyl sites for hydroxylation is 2. The molecule has 112 valence electrons. The minimum atomic E-state index is 0.599. The van der Waals surface area contributed by atoms with Gasteiger partial charge in [0.25, 0.3) is 0 Å². The molecule has 6 nitrogen and oxygen atoms in total. The molecule has 0 aliphatic carbocycles. The Labute approximate surface area is 125 Å². The van der Waals surface area contributed by atoms with Crippen molar-refractivity contribution in [2.45, 2.75) is 40.2 Å². The maximum Gasteiger partial charge on any atom is 0.133 e. The summed E-state index contributed by atoms with van der Waals surface area (Å²) in [5.41, 5.74) is 1.81. The zero-order valence-corrected chi connectivity index (χ0v) is 12.8. The Morgan fingerprint density at radius 3 is 2.38 bits per heavy atom. The van der Waals surface area contributed by atoms with Gasteiger partial charge in [0, 0.05) is 25.2 Å². The number of nitrogens with one attached hydrogen (secondary N) is 2. The van der Waals surface area contributed by atoms with Gasteiger partial charge in [-0.15, -0.1) is 0 Å². The summed E-state index contributed by atoms with van der Waals surface area (Å²) in [5.74, 6) is 2.52. The molecule has 2 N–H and O–H groups in total. The first-order valence-corrected chi connectivity index (χ1v) is 7.34. The molecule has 2 aromatic heterocycles. The Hall–Kier alpha value is -2.24. The first kappa shape index (κ1) is 15.2. The van der Waals surface area contributed by atoms with Gasteiger partial charge in [0.05, 0.1) is 24.1 Å². The lowest BCUT2D eigenvalue weighted by Gasteiger charge is -2.10. The van der Waals surface area contributed by atoms with Crippen molar-refractivity contribution in [1.82, 2.24) is 19.9 Å². The Kier molecular flexibility index (Phi) is 5.43. The van der Waals surface area contributed by atoms with Crippen LogP contribution in [0.4, 0.5) is 11.6 Å². The van der Waals surface area contributed by atoms with E-state index in [9.17, 15) is 0 Å². The molecule has 0 aliphatic rings. The molecule has 0 amide bonds. The van der Waals surface area contributed by atoms with Crippen LogP contribution in [0.15, 0.2) is 18.5 Å². The average Bonchev–Trinajstić information content (AvgIpc) is 2.47. The maximum atomic E-state index is 4.53. The molecule has 0 spiro atoms. The molecule has 6 heteroatoms. The van der Waals surface area contributed by atoms with Gasteiger partial charge in [-0.3, -0.25) is 9.97 Å². The molecule has 0 unspecified atom stereocenters. The molecule has 0 atom stereocenters. The molecule has 0 bridgehead atoms. The largest absolute Gasteiger partial charge is 0.370 e. The first-order valence-electron chi connectivity index (χ1n) is 7.34.